The second-order valence-corrected chi connectivity index (χ2v) is 7.95. The van der Waals surface area contributed by atoms with Gasteiger partial charge < -0.3 is 14.3 Å². The van der Waals surface area contributed by atoms with Crippen molar-refractivity contribution in [2.75, 3.05) is 13.7 Å². The molecule has 0 N–H and O–H groups in total. The summed E-state index contributed by atoms with van der Waals surface area (Å²) >= 11 is 0. The van der Waals surface area contributed by atoms with Crippen LogP contribution in [0.3, 0.4) is 0 Å². The quantitative estimate of drug-likeness (QED) is 0.441. The molecule has 0 unspecified atom stereocenters. The highest BCUT2D eigenvalue weighted by molar-refractivity contribution is 6.01. The van der Waals surface area contributed by atoms with Gasteiger partial charge >= 0.3 is 0 Å². The molecule has 1 aliphatic rings. The third-order valence-electron chi connectivity index (χ3n) is 6.00. The van der Waals surface area contributed by atoms with Crippen molar-refractivity contribution in [3.8, 4) is 11.1 Å². The van der Waals surface area contributed by atoms with Crippen molar-refractivity contribution in [2.24, 2.45) is 12.2 Å². The number of hydrogen-bond acceptors (Lipinski definition) is 4. The lowest BCUT2D eigenvalue weighted by atomic mass is 10.0. The lowest BCUT2D eigenvalue weighted by Gasteiger charge is -2.24. The van der Waals surface area contributed by atoms with Gasteiger partial charge in [-0.2, -0.15) is 0 Å². The maximum absolute atomic E-state index is 13.5. The highest BCUT2D eigenvalue weighted by Crippen LogP contribution is 2.33. The van der Waals surface area contributed by atoms with E-state index in [0.29, 0.717) is 18.5 Å². The van der Waals surface area contributed by atoms with Crippen molar-refractivity contribution in [3.63, 3.8) is 0 Å². The molecule has 1 aliphatic heterocycles. The van der Waals surface area contributed by atoms with Crippen LogP contribution in [0.5, 0.6) is 0 Å². The summed E-state index contributed by atoms with van der Waals surface area (Å²) in [4.78, 5) is 25.3. The third kappa shape index (κ3) is 3.54. The van der Waals surface area contributed by atoms with Crippen LogP contribution in [0, 0.1) is 0 Å². The summed E-state index contributed by atoms with van der Waals surface area (Å²) in [5, 5.41) is 4.15. The molecule has 1 atom stereocenters. The molecule has 5 rings (SSSR count). The molecule has 1 saturated heterocycles. The number of imidazole rings is 1. The van der Waals surface area contributed by atoms with Crippen molar-refractivity contribution >= 4 is 22.7 Å². The summed E-state index contributed by atoms with van der Waals surface area (Å²) in [6.45, 7) is 0.418. The van der Waals surface area contributed by atoms with Crippen molar-refractivity contribution in [1.29, 1.82) is 0 Å². The third-order valence-corrected chi connectivity index (χ3v) is 6.00. The molecular formula is C26H24N4O2. The fourth-order valence-corrected chi connectivity index (χ4v) is 4.41. The van der Waals surface area contributed by atoms with Crippen LogP contribution < -0.4 is 0 Å². The molecule has 1 fully saturated rings. The lowest BCUT2D eigenvalue weighted by molar-refractivity contribution is 0.0732. The van der Waals surface area contributed by atoms with Crippen LogP contribution in [0.4, 0.5) is 0 Å². The van der Waals surface area contributed by atoms with Crippen LogP contribution in [0.25, 0.3) is 22.2 Å². The van der Waals surface area contributed by atoms with Gasteiger partial charge in [0.2, 0.25) is 0 Å². The maximum atomic E-state index is 13.5. The van der Waals surface area contributed by atoms with Crippen molar-refractivity contribution in [2.45, 2.75) is 12.5 Å². The number of carbonyl (C=O) groups excluding carboxylic acids is 1. The molecule has 6 nitrogen and oxygen atoms in total. The van der Waals surface area contributed by atoms with Crippen LogP contribution in [0.2, 0.25) is 0 Å². The standard InChI is InChI=1S/C26H24N4O2/c1-29-23-11-7-6-10-22(23)27-25(29)24-16-21(28-32-2)17-30(24)26(31)20-14-12-19(13-15-20)18-8-4-3-5-9-18/h3-15,24H,16-17H2,1-2H3/t24-/m0/s1. The highest BCUT2D eigenvalue weighted by atomic mass is 16.6. The Morgan fingerprint density at radius 1 is 0.969 bits per heavy atom. The Bertz CT molecular complexity index is 1290. The minimum absolute atomic E-state index is 0.0389. The molecule has 160 valence electrons. The number of aryl methyl sites for hydroxylation is 1. The van der Waals surface area contributed by atoms with E-state index in [4.69, 9.17) is 9.82 Å². The number of para-hydroxylation sites is 2. The zero-order valence-corrected chi connectivity index (χ0v) is 18.1. The Hall–Kier alpha value is -3.93. The second-order valence-electron chi connectivity index (χ2n) is 7.95. The zero-order valence-electron chi connectivity index (χ0n) is 18.1. The molecule has 32 heavy (non-hydrogen) atoms. The fraction of sp³-hybridized carbons (Fsp3) is 0.192. The number of aromatic nitrogens is 2. The summed E-state index contributed by atoms with van der Waals surface area (Å²) in [5.41, 5.74) is 5.64. The Morgan fingerprint density at radius 3 is 2.38 bits per heavy atom. The number of rotatable bonds is 4. The average molecular weight is 425 g/mol. The predicted molar refractivity (Wildman–Crippen MR) is 125 cm³/mol. The molecule has 0 saturated carbocycles. The van der Waals surface area contributed by atoms with Crippen molar-refractivity contribution in [3.05, 3.63) is 90.3 Å². The summed E-state index contributed by atoms with van der Waals surface area (Å²) in [7, 11) is 3.53. The number of benzene rings is 3. The van der Waals surface area contributed by atoms with E-state index in [9.17, 15) is 4.79 Å². The van der Waals surface area contributed by atoms with E-state index in [0.717, 1.165) is 33.7 Å². The Kier molecular flexibility index (Phi) is 5.19. The Balaban J connectivity index is 1.49. The van der Waals surface area contributed by atoms with E-state index in [1.807, 2.05) is 78.7 Å². The van der Waals surface area contributed by atoms with Gasteiger partial charge in [0.1, 0.15) is 12.9 Å². The van der Waals surface area contributed by atoms with Gasteiger partial charge in [-0.3, -0.25) is 4.79 Å². The lowest BCUT2D eigenvalue weighted by Crippen LogP contribution is -2.32. The first kappa shape index (κ1) is 20.0. The molecule has 0 spiro atoms. The molecule has 0 bridgehead atoms. The van der Waals surface area contributed by atoms with Crippen molar-refractivity contribution in [1.82, 2.24) is 14.5 Å². The van der Waals surface area contributed by atoms with Gasteiger partial charge in [-0.25, -0.2) is 4.98 Å². The summed E-state index contributed by atoms with van der Waals surface area (Å²) in [6.07, 6.45) is 0.596. The van der Waals surface area contributed by atoms with E-state index in [2.05, 4.69) is 21.9 Å². The normalized spacial score (nSPS) is 17.2. The molecule has 1 aromatic heterocycles. The number of nitrogens with zero attached hydrogens (tertiary/aromatic N) is 4. The summed E-state index contributed by atoms with van der Waals surface area (Å²) < 4.78 is 2.06. The predicted octanol–water partition coefficient (Wildman–Crippen LogP) is 4.83. The Labute approximate surface area is 186 Å². The van der Waals surface area contributed by atoms with Crippen LogP contribution in [-0.4, -0.2) is 39.7 Å². The van der Waals surface area contributed by atoms with Crippen LogP contribution >= 0.6 is 0 Å². The van der Waals surface area contributed by atoms with E-state index >= 15 is 0 Å². The van der Waals surface area contributed by atoms with E-state index in [1.165, 1.54) is 7.11 Å². The number of oxime groups is 1. The first-order valence-corrected chi connectivity index (χ1v) is 10.6. The van der Waals surface area contributed by atoms with Crippen LogP contribution in [0.15, 0.2) is 84.0 Å². The molecule has 6 heteroatoms. The number of fused-ring (bicyclic) bond motifs is 1. The number of likely N-dealkylation sites (tertiary alicyclic amines) is 1. The molecule has 0 aliphatic carbocycles. The van der Waals surface area contributed by atoms with Gasteiger partial charge in [0.05, 0.1) is 29.3 Å². The smallest absolute Gasteiger partial charge is 0.254 e. The number of hydrogen-bond donors (Lipinski definition) is 0. The van der Waals surface area contributed by atoms with E-state index in [-0.39, 0.29) is 11.9 Å². The fourth-order valence-electron chi connectivity index (χ4n) is 4.41. The largest absolute Gasteiger partial charge is 0.399 e. The minimum atomic E-state index is -0.206. The second kappa shape index (κ2) is 8.30. The van der Waals surface area contributed by atoms with Gasteiger partial charge in [-0.05, 0) is 35.4 Å². The van der Waals surface area contributed by atoms with Crippen molar-refractivity contribution < 1.29 is 9.63 Å². The Morgan fingerprint density at radius 2 is 1.66 bits per heavy atom. The summed E-state index contributed by atoms with van der Waals surface area (Å²) in [6, 6.07) is 25.7. The summed E-state index contributed by atoms with van der Waals surface area (Å²) in [5.74, 6) is 0.810. The minimum Gasteiger partial charge on any atom is -0.399 e. The molecule has 0 radical (unpaired) electrons. The van der Waals surface area contributed by atoms with E-state index < -0.39 is 0 Å². The number of amides is 1. The maximum Gasteiger partial charge on any atom is 0.254 e. The van der Waals surface area contributed by atoms with Crippen LogP contribution in [-0.2, 0) is 11.9 Å². The molecule has 1 amide bonds. The molecule has 4 aromatic rings. The van der Waals surface area contributed by atoms with Gasteiger partial charge in [-0.15, -0.1) is 0 Å². The molecule has 3 aromatic carbocycles. The first-order chi connectivity index (χ1) is 15.7. The zero-order chi connectivity index (χ0) is 22.1. The van der Waals surface area contributed by atoms with Gasteiger partial charge in [0.15, 0.2) is 0 Å². The van der Waals surface area contributed by atoms with Gasteiger partial charge in [0.25, 0.3) is 5.91 Å². The van der Waals surface area contributed by atoms with E-state index in [1.54, 1.807) is 0 Å². The SMILES string of the molecule is CON=C1C[C@@H](c2nc3ccccc3n2C)N(C(=O)c2ccc(-c3ccccc3)cc2)C1. The first-order valence-electron chi connectivity index (χ1n) is 10.6. The molecule has 2 heterocycles. The van der Waals surface area contributed by atoms with Crippen LogP contribution in [0.1, 0.15) is 28.6 Å². The van der Waals surface area contributed by atoms with Gasteiger partial charge in [-0.1, -0.05) is 59.8 Å². The number of carbonyl (C=O) groups is 1. The topological polar surface area (TPSA) is 59.7 Å². The molecular weight excluding hydrogens is 400 g/mol. The highest BCUT2D eigenvalue weighted by Gasteiger charge is 2.37. The monoisotopic (exact) mass is 424 g/mol. The average Bonchev–Trinajstić information content (AvgIpc) is 3.40. The van der Waals surface area contributed by atoms with Gasteiger partial charge in [0, 0.05) is 19.0 Å².